The Kier molecular flexibility index (Phi) is 4.52. The molecular weight excluding hydrogens is 192 g/mol. The minimum atomic E-state index is -0.535. The zero-order valence-electron chi connectivity index (χ0n) is 9.22. The first-order chi connectivity index (χ1) is 7.19. The third-order valence-corrected chi connectivity index (χ3v) is 2.32. The summed E-state index contributed by atoms with van der Waals surface area (Å²) in [7, 11) is 0. The average Bonchev–Trinajstić information content (AvgIpc) is 2.26. The van der Waals surface area contributed by atoms with Gasteiger partial charge in [-0.05, 0) is 26.0 Å². The molecule has 0 spiro atoms. The highest BCUT2D eigenvalue weighted by Gasteiger charge is 2.06. The van der Waals surface area contributed by atoms with Gasteiger partial charge in [0.15, 0.2) is 0 Å². The van der Waals surface area contributed by atoms with Crippen LogP contribution in [-0.4, -0.2) is 34.9 Å². The van der Waals surface area contributed by atoms with Crippen LogP contribution in [0.4, 0.5) is 5.69 Å². The third kappa shape index (κ3) is 3.18. The molecule has 0 amide bonds. The van der Waals surface area contributed by atoms with Crippen molar-refractivity contribution in [2.75, 3.05) is 24.6 Å². The Labute approximate surface area is 90.2 Å². The van der Waals surface area contributed by atoms with Gasteiger partial charge in [-0.3, -0.25) is 4.98 Å². The smallest absolute Gasteiger partial charge is 0.0931 e. The van der Waals surface area contributed by atoms with Crippen molar-refractivity contribution in [3.8, 4) is 0 Å². The van der Waals surface area contributed by atoms with Gasteiger partial charge < -0.3 is 15.1 Å². The lowest BCUT2D eigenvalue weighted by atomic mass is 10.2. The van der Waals surface area contributed by atoms with Crippen molar-refractivity contribution in [2.45, 2.75) is 20.0 Å². The zero-order valence-corrected chi connectivity index (χ0v) is 9.22. The van der Waals surface area contributed by atoms with Gasteiger partial charge in [-0.25, -0.2) is 0 Å². The van der Waals surface area contributed by atoms with Crippen LogP contribution in [0, 0.1) is 0 Å². The number of aliphatic hydroxyl groups excluding tert-OH is 2. The molecule has 15 heavy (non-hydrogen) atoms. The van der Waals surface area contributed by atoms with E-state index < -0.39 is 6.10 Å². The largest absolute Gasteiger partial charge is 0.395 e. The molecule has 0 aliphatic carbocycles. The SMILES string of the molecule is CCN(CCO)c1ccc(C(C)O)nc1. The fraction of sp³-hybridized carbons (Fsp3) is 0.545. The van der Waals surface area contributed by atoms with Crippen molar-refractivity contribution in [1.82, 2.24) is 4.98 Å². The summed E-state index contributed by atoms with van der Waals surface area (Å²) in [5.74, 6) is 0. The number of aromatic nitrogens is 1. The lowest BCUT2D eigenvalue weighted by molar-refractivity contribution is 0.194. The average molecular weight is 210 g/mol. The zero-order chi connectivity index (χ0) is 11.3. The molecule has 0 saturated heterocycles. The van der Waals surface area contributed by atoms with Crippen molar-refractivity contribution in [3.63, 3.8) is 0 Å². The fourth-order valence-corrected chi connectivity index (χ4v) is 1.42. The van der Waals surface area contributed by atoms with Crippen molar-refractivity contribution < 1.29 is 10.2 Å². The molecule has 0 aromatic carbocycles. The molecule has 1 unspecified atom stereocenters. The van der Waals surface area contributed by atoms with E-state index in [1.807, 2.05) is 17.9 Å². The van der Waals surface area contributed by atoms with Crippen LogP contribution in [0.3, 0.4) is 0 Å². The van der Waals surface area contributed by atoms with E-state index in [1.54, 1.807) is 19.2 Å². The van der Waals surface area contributed by atoms with E-state index in [1.165, 1.54) is 0 Å². The number of hydrogen-bond donors (Lipinski definition) is 2. The fourth-order valence-electron chi connectivity index (χ4n) is 1.42. The number of anilines is 1. The van der Waals surface area contributed by atoms with E-state index in [2.05, 4.69) is 4.98 Å². The Bertz CT molecular complexity index is 285. The predicted molar refractivity (Wildman–Crippen MR) is 59.8 cm³/mol. The molecule has 0 aliphatic heterocycles. The van der Waals surface area contributed by atoms with Crippen LogP contribution in [-0.2, 0) is 0 Å². The first-order valence-electron chi connectivity index (χ1n) is 5.18. The molecule has 1 aromatic rings. The van der Waals surface area contributed by atoms with E-state index in [4.69, 9.17) is 5.11 Å². The number of rotatable bonds is 5. The van der Waals surface area contributed by atoms with Crippen LogP contribution in [0.2, 0.25) is 0 Å². The molecule has 4 heteroatoms. The Morgan fingerprint density at radius 3 is 2.60 bits per heavy atom. The summed E-state index contributed by atoms with van der Waals surface area (Å²) >= 11 is 0. The first-order valence-corrected chi connectivity index (χ1v) is 5.18. The molecule has 0 saturated carbocycles. The van der Waals surface area contributed by atoms with Gasteiger partial charge in [0.2, 0.25) is 0 Å². The van der Waals surface area contributed by atoms with Crippen LogP contribution in [0.1, 0.15) is 25.6 Å². The molecule has 0 bridgehead atoms. The normalized spacial score (nSPS) is 12.5. The van der Waals surface area contributed by atoms with E-state index in [9.17, 15) is 5.11 Å². The minimum absolute atomic E-state index is 0.131. The summed E-state index contributed by atoms with van der Waals surface area (Å²) in [4.78, 5) is 6.18. The minimum Gasteiger partial charge on any atom is -0.395 e. The van der Waals surface area contributed by atoms with Crippen molar-refractivity contribution in [3.05, 3.63) is 24.0 Å². The second-order valence-electron chi connectivity index (χ2n) is 3.42. The van der Waals surface area contributed by atoms with E-state index in [0.29, 0.717) is 12.2 Å². The van der Waals surface area contributed by atoms with Gasteiger partial charge in [0.05, 0.1) is 30.3 Å². The first kappa shape index (κ1) is 11.9. The van der Waals surface area contributed by atoms with Crippen molar-refractivity contribution in [2.24, 2.45) is 0 Å². The second-order valence-corrected chi connectivity index (χ2v) is 3.42. The summed E-state index contributed by atoms with van der Waals surface area (Å²) in [5.41, 5.74) is 1.63. The number of hydrogen-bond acceptors (Lipinski definition) is 4. The summed E-state index contributed by atoms with van der Waals surface area (Å²) in [6.07, 6.45) is 1.19. The summed E-state index contributed by atoms with van der Waals surface area (Å²) < 4.78 is 0. The quantitative estimate of drug-likeness (QED) is 0.760. The molecular formula is C11H18N2O2. The van der Waals surface area contributed by atoms with Gasteiger partial charge in [-0.1, -0.05) is 0 Å². The maximum absolute atomic E-state index is 9.30. The van der Waals surface area contributed by atoms with E-state index in [0.717, 1.165) is 12.2 Å². The molecule has 0 aliphatic rings. The second kappa shape index (κ2) is 5.68. The van der Waals surface area contributed by atoms with Gasteiger partial charge in [0.25, 0.3) is 0 Å². The van der Waals surface area contributed by atoms with Crippen molar-refractivity contribution >= 4 is 5.69 Å². The van der Waals surface area contributed by atoms with E-state index in [-0.39, 0.29) is 6.61 Å². The molecule has 1 heterocycles. The number of aliphatic hydroxyl groups is 2. The predicted octanol–water partition coefficient (Wildman–Crippen LogP) is 0.954. The van der Waals surface area contributed by atoms with E-state index >= 15 is 0 Å². The Balaban J connectivity index is 2.77. The summed E-state index contributed by atoms with van der Waals surface area (Å²) in [5, 5.41) is 18.2. The van der Waals surface area contributed by atoms with Gasteiger partial charge >= 0.3 is 0 Å². The summed E-state index contributed by atoms with van der Waals surface area (Å²) in [6.45, 7) is 5.28. The Morgan fingerprint density at radius 2 is 2.20 bits per heavy atom. The van der Waals surface area contributed by atoms with Crippen LogP contribution in [0.5, 0.6) is 0 Å². The van der Waals surface area contributed by atoms with Gasteiger partial charge in [-0.2, -0.15) is 0 Å². The maximum Gasteiger partial charge on any atom is 0.0931 e. The molecule has 1 aromatic heterocycles. The highest BCUT2D eigenvalue weighted by atomic mass is 16.3. The Morgan fingerprint density at radius 1 is 1.47 bits per heavy atom. The molecule has 1 rings (SSSR count). The monoisotopic (exact) mass is 210 g/mol. The standard InChI is InChI=1S/C11H18N2O2/c1-3-13(6-7-14)10-4-5-11(9(2)15)12-8-10/h4-5,8-9,14-15H,3,6-7H2,1-2H3. The molecule has 0 radical (unpaired) electrons. The molecule has 4 nitrogen and oxygen atoms in total. The highest BCUT2D eigenvalue weighted by Crippen LogP contribution is 2.15. The highest BCUT2D eigenvalue weighted by molar-refractivity contribution is 5.44. The molecule has 1 atom stereocenters. The van der Waals surface area contributed by atoms with Gasteiger partial charge in [-0.15, -0.1) is 0 Å². The van der Waals surface area contributed by atoms with Crippen LogP contribution in [0.25, 0.3) is 0 Å². The molecule has 84 valence electrons. The summed E-state index contributed by atoms with van der Waals surface area (Å²) in [6, 6.07) is 3.72. The molecule has 0 fully saturated rings. The van der Waals surface area contributed by atoms with Gasteiger partial charge in [0, 0.05) is 13.1 Å². The topological polar surface area (TPSA) is 56.6 Å². The van der Waals surface area contributed by atoms with Crippen LogP contribution >= 0.6 is 0 Å². The number of nitrogens with zero attached hydrogens (tertiary/aromatic N) is 2. The maximum atomic E-state index is 9.30. The van der Waals surface area contributed by atoms with Crippen molar-refractivity contribution in [1.29, 1.82) is 0 Å². The number of pyridine rings is 1. The lowest BCUT2D eigenvalue weighted by Gasteiger charge is -2.21. The van der Waals surface area contributed by atoms with Crippen LogP contribution in [0.15, 0.2) is 18.3 Å². The van der Waals surface area contributed by atoms with Gasteiger partial charge in [0.1, 0.15) is 0 Å². The lowest BCUT2D eigenvalue weighted by Crippen LogP contribution is -2.26. The molecule has 2 N–H and O–H groups in total. The number of likely N-dealkylation sites (N-methyl/N-ethyl adjacent to an activating group) is 1. The van der Waals surface area contributed by atoms with Crippen LogP contribution < -0.4 is 4.90 Å². The Hall–Kier alpha value is -1.13. The third-order valence-electron chi connectivity index (χ3n) is 2.32.